The van der Waals surface area contributed by atoms with Crippen molar-refractivity contribution in [1.29, 1.82) is 0 Å². The Morgan fingerprint density at radius 2 is 1.56 bits per heavy atom. The van der Waals surface area contributed by atoms with Crippen molar-refractivity contribution in [1.82, 2.24) is 0 Å². The van der Waals surface area contributed by atoms with Gasteiger partial charge in [-0.2, -0.15) is 0 Å². The molecule has 0 saturated carbocycles. The molecule has 0 aromatic carbocycles. The van der Waals surface area contributed by atoms with Crippen molar-refractivity contribution >= 4 is 23.9 Å². The van der Waals surface area contributed by atoms with E-state index in [0.29, 0.717) is 25.9 Å². The molecule has 0 aliphatic rings. The van der Waals surface area contributed by atoms with E-state index in [1.165, 1.54) is 0 Å². The molecule has 1 unspecified atom stereocenters. The van der Waals surface area contributed by atoms with Gasteiger partial charge in [-0.1, -0.05) is 33.1 Å². The molecule has 0 fully saturated rings. The van der Waals surface area contributed by atoms with Crippen LogP contribution in [0.3, 0.4) is 0 Å². The van der Waals surface area contributed by atoms with Crippen LogP contribution in [0, 0.1) is 5.92 Å². The third-order valence-electron chi connectivity index (χ3n) is 3.77. The molecule has 1 atom stereocenters. The van der Waals surface area contributed by atoms with Crippen LogP contribution in [0.15, 0.2) is 0 Å². The smallest absolute Gasteiger partial charge is 0.314 e. The molecular weight excluding hydrogens is 328 g/mol. The molecule has 0 heterocycles. The van der Waals surface area contributed by atoms with E-state index < -0.39 is 17.9 Å². The van der Waals surface area contributed by atoms with Gasteiger partial charge in [-0.15, -0.1) is 0 Å². The quantitative estimate of drug-likeness (QED) is 0.288. The van der Waals surface area contributed by atoms with Crippen molar-refractivity contribution in [2.24, 2.45) is 5.92 Å². The molecule has 0 saturated heterocycles. The lowest BCUT2D eigenvalue weighted by atomic mass is 9.99. The Morgan fingerprint density at radius 3 is 2.16 bits per heavy atom. The summed E-state index contributed by atoms with van der Waals surface area (Å²) in [6.07, 6.45) is 5.00. The molecule has 144 valence electrons. The van der Waals surface area contributed by atoms with Crippen LogP contribution >= 0.6 is 0 Å². The second kappa shape index (κ2) is 14.4. The minimum atomic E-state index is -1.12. The van der Waals surface area contributed by atoms with Crippen LogP contribution in [-0.4, -0.2) is 35.6 Å². The second-order valence-electron chi connectivity index (χ2n) is 5.97. The van der Waals surface area contributed by atoms with Gasteiger partial charge in [0.2, 0.25) is 0 Å². The molecular formula is C18H30O7. The summed E-state index contributed by atoms with van der Waals surface area (Å²) in [7, 11) is 0. The molecule has 0 aliphatic heterocycles. The molecule has 0 aliphatic carbocycles. The number of hydrogen-bond acceptors (Lipinski definition) is 6. The molecule has 7 heteroatoms. The first-order valence-electron chi connectivity index (χ1n) is 9.02. The zero-order valence-electron chi connectivity index (χ0n) is 15.3. The van der Waals surface area contributed by atoms with Gasteiger partial charge in [0.25, 0.3) is 0 Å². The summed E-state index contributed by atoms with van der Waals surface area (Å²) in [5.74, 6) is -3.17. The van der Waals surface area contributed by atoms with E-state index in [-0.39, 0.29) is 31.1 Å². The molecule has 0 rings (SSSR count). The number of hydrogen-bond donors (Lipinski definition) is 1. The van der Waals surface area contributed by atoms with Gasteiger partial charge in [-0.25, -0.2) is 0 Å². The van der Waals surface area contributed by atoms with E-state index in [1.807, 2.05) is 6.92 Å². The summed E-state index contributed by atoms with van der Waals surface area (Å²) in [4.78, 5) is 45.0. The Hall–Kier alpha value is -1.92. The number of carbonyl (C=O) groups is 4. The fourth-order valence-electron chi connectivity index (χ4n) is 2.24. The fourth-order valence-corrected chi connectivity index (χ4v) is 2.24. The maximum absolute atomic E-state index is 12.0. The predicted molar refractivity (Wildman–Crippen MR) is 90.7 cm³/mol. The highest BCUT2D eigenvalue weighted by atomic mass is 16.6. The highest BCUT2D eigenvalue weighted by molar-refractivity contribution is 5.87. The first-order valence-corrected chi connectivity index (χ1v) is 9.02. The SMILES string of the molecule is CCCCCCOC(=O)C(CC)CCCC(=O)OC(=O)CCC(=O)O. The Kier molecular flexibility index (Phi) is 13.3. The van der Waals surface area contributed by atoms with Crippen molar-refractivity contribution < 1.29 is 33.8 Å². The van der Waals surface area contributed by atoms with Gasteiger partial charge in [0.05, 0.1) is 25.4 Å². The highest BCUT2D eigenvalue weighted by Gasteiger charge is 2.19. The molecule has 0 spiro atoms. The van der Waals surface area contributed by atoms with Gasteiger partial charge in [-0.05, 0) is 25.7 Å². The van der Waals surface area contributed by atoms with Gasteiger partial charge in [0, 0.05) is 6.42 Å². The maximum atomic E-state index is 12.0. The standard InChI is InChI=1S/C18H30O7/c1-3-5-6-7-13-24-18(23)14(4-2)9-8-10-16(21)25-17(22)12-11-15(19)20/h14H,3-13H2,1-2H3,(H,19,20). The number of carboxylic acids is 1. The minimum absolute atomic E-state index is 0.0130. The Labute approximate surface area is 149 Å². The molecule has 0 aromatic rings. The molecule has 0 bridgehead atoms. The number of rotatable bonds is 14. The van der Waals surface area contributed by atoms with E-state index in [1.54, 1.807) is 0 Å². The van der Waals surface area contributed by atoms with Crippen molar-refractivity contribution in [3.63, 3.8) is 0 Å². The largest absolute Gasteiger partial charge is 0.481 e. The summed E-state index contributed by atoms with van der Waals surface area (Å²) in [6, 6.07) is 0. The Bertz CT molecular complexity index is 431. The summed E-state index contributed by atoms with van der Waals surface area (Å²) >= 11 is 0. The summed E-state index contributed by atoms with van der Waals surface area (Å²) in [6.45, 7) is 4.43. The first kappa shape index (κ1) is 23.1. The molecule has 7 nitrogen and oxygen atoms in total. The summed E-state index contributed by atoms with van der Waals surface area (Å²) < 4.78 is 9.78. The average Bonchev–Trinajstić information content (AvgIpc) is 2.56. The number of unbranched alkanes of at least 4 members (excludes halogenated alkanes) is 3. The number of carboxylic acid groups (broad SMARTS) is 1. The van der Waals surface area contributed by atoms with Crippen LogP contribution in [0.25, 0.3) is 0 Å². The van der Waals surface area contributed by atoms with Crippen LogP contribution < -0.4 is 0 Å². The lowest BCUT2D eigenvalue weighted by molar-refractivity contribution is -0.161. The topological polar surface area (TPSA) is 107 Å². The number of esters is 3. The zero-order valence-corrected chi connectivity index (χ0v) is 15.3. The van der Waals surface area contributed by atoms with Crippen molar-refractivity contribution in [2.75, 3.05) is 6.61 Å². The third-order valence-corrected chi connectivity index (χ3v) is 3.77. The van der Waals surface area contributed by atoms with Gasteiger partial charge >= 0.3 is 23.9 Å². The summed E-state index contributed by atoms with van der Waals surface area (Å²) in [5, 5.41) is 8.45. The predicted octanol–water partition coefficient (Wildman–Crippen LogP) is 3.24. The van der Waals surface area contributed by atoms with E-state index in [2.05, 4.69) is 11.7 Å². The summed E-state index contributed by atoms with van der Waals surface area (Å²) in [5.41, 5.74) is 0. The average molecular weight is 358 g/mol. The first-order chi connectivity index (χ1) is 11.9. The van der Waals surface area contributed by atoms with Crippen LogP contribution in [-0.2, 0) is 28.7 Å². The van der Waals surface area contributed by atoms with Crippen molar-refractivity contribution in [3.05, 3.63) is 0 Å². The number of carbonyl (C=O) groups excluding carboxylic acids is 3. The minimum Gasteiger partial charge on any atom is -0.481 e. The lowest BCUT2D eigenvalue weighted by Gasteiger charge is -2.13. The fraction of sp³-hybridized carbons (Fsp3) is 0.778. The Balaban J connectivity index is 3.93. The second-order valence-corrected chi connectivity index (χ2v) is 5.97. The number of aliphatic carboxylic acids is 1. The van der Waals surface area contributed by atoms with E-state index in [4.69, 9.17) is 9.84 Å². The van der Waals surface area contributed by atoms with Gasteiger partial charge in [0.15, 0.2) is 0 Å². The van der Waals surface area contributed by atoms with E-state index >= 15 is 0 Å². The number of ether oxygens (including phenoxy) is 2. The molecule has 0 aromatic heterocycles. The van der Waals surface area contributed by atoms with Crippen LogP contribution in [0.4, 0.5) is 0 Å². The molecule has 1 N–H and O–H groups in total. The zero-order chi connectivity index (χ0) is 19.1. The monoisotopic (exact) mass is 358 g/mol. The highest BCUT2D eigenvalue weighted by Crippen LogP contribution is 2.15. The van der Waals surface area contributed by atoms with Crippen LogP contribution in [0.1, 0.15) is 78.1 Å². The Morgan fingerprint density at radius 1 is 0.880 bits per heavy atom. The maximum Gasteiger partial charge on any atom is 0.314 e. The van der Waals surface area contributed by atoms with Crippen LogP contribution in [0.2, 0.25) is 0 Å². The molecule has 0 radical (unpaired) electrons. The van der Waals surface area contributed by atoms with Crippen molar-refractivity contribution in [2.45, 2.75) is 78.1 Å². The lowest BCUT2D eigenvalue weighted by Crippen LogP contribution is -2.19. The van der Waals surface area contributed by atoms with Gasteiger partial charge in [0.1, 0.15) is 0 Å². The molecule has 0 amide bonds. The van der Waals surface area contributed by atoms with Gasteiger partial charge < -0.3 is 14.6 Å². The third kappa shape index (κ3) is 13.1. The van der Waals surface area contributed by atoms with E-state index in [9.17, 15) is 19.2 Å². The van der Waals surface area contributed by atoms with Crippen LogP contribution in [0.5, 0.6) is 0 Å². The molecule has 25 heavy (non-hydrogen) atoms. The van der Waals surface area contributed by atoms with E-state index in [0.717, 1.165) is 25.7 Å². The normalized spacial score (nSPS) is 11.6. The van der Waals surface area contributed by atoms with Gasteiger partial charge in [-0.3, -0.25) is 19.2 Å². The van der Waals surface area contributed by atoms with Crippen molar-refractivity contribution in [3.8, 4) is 0 Å².